The highest BCUT2D eigenvalue weighted by Crippen LogP contribution is 2.35. The molecule has 3 fully saturated rings. The lowest BCUT2D eigenvalue weighted by Crippen LogP contribution is -2.55. The highest BCUT2D eigenvalue weighted by Gasteiger charge is 2.45. The molecule has 0 radical (unpaired) electrons. The molecule has 118 valence electrons. The number of carbonyl (C=O) groups is 1. The Morgan fingerprint density at radius 1 is 1.29 bits per heavy atom. The molecule has 0 aromatic rings. The van der Waals surface area contributed by atoms with Crippen LogP contribution in [0.3, 0.4) is 0 Å². The molecule has 5 heteroatoms. The van der Waals surface area contributed by atoms with E-state index in [9.17, 15) is 4.79 Å². The molecule has 1 aliphatic carbocycles. The highest BCUT2D eigenvalue weighted by atomic mass is 16.5. The molecule has 21 heavy (non-hydrogen) atoms. The van der Waals surface area contributed by atoms with Gasteiger partial charge >= 0.3 is 0 Å². The Bertz CT molecular complexity index is 380. The SMILES string of the molecule is C=CCOC[C@@H]1CC[C@@H]2[C@H]1OCCN2C(=O)[C@H]1CCCO1. The number of fused-ring (bicyclic) bond motifs is 1. The molecular formula is C16H25NO4. The first kappa shape index (κ1) is 15.0. The second kappa shape index (κ2) is 6.90. The first-order valence-corrected chi connectivity index (χ1v) is 8.03. The van der Waals surface area contributed by atoms with Gasteiger partial charge in [-0.15, -0.1) is 6.58 Å². The maximum Gasteiger partial charge on any atom is 0.252 e. The Morgan fingerprint density at radius 2 is 2.19 bits per heavy atom. The van der Waals surface area contributed by atoms with E-state index in [1.54, 1.807) is 6.08 Å². The topological polar surface area (TPSA) is 48.0 Å². The summed E-state index contributed by atoms with van der Waals surface area (Å²) in [5.74, 6) is 0.550. The normalized spacial score (nSPS) is 35.7. The van der Waals surface area contributed by atoms with Crippen LogP contribution < -0.4 is 0 Å². The number of rotatable bonds is 5. The molecule has 2 saturated heterocycles. The van der Waals surface area contributed by atoms with Crippen molar-refractivity contribution in [2.45, 2.75) is 43.9 Å². The first-order chi connectivity index (χ1) is 10.3. The van der Waals surface area contributed by atoms with Gasteiger partial charge < -0.3 is 19.1 Å². The van der Waals surface area contributed by atoms with E-state index in [0.29, 0.717) is 38.9 Å². The van der Waals surface area contributed by atoms with E-state index < -0.39 is 0 Å². The molecule has 0 unspecified atom stereocenters. The van der Waals surface area contributed by atoms with Crippen LogP contribution in [0.1, 0.15) is 25.7 Å². The molecule has 1 amide bonds. The summed E-state index contributed by atoms with van der Waals surface area (Å²) in [5.41, 5.74) is 0. The first-order valence-electron chi connectivity index (χ1n) is 8.03. The van der Waals surface area contributed by atoms with Crippen molar-refractivity contribution in [2.24, 2.45) is 5.92 Å². The van der Waals surface area contributed by atoms with Gasteiger partial charge in [-0.05, 0) is 25.7 Å². The van der Waals surface area contributed by atoms with Crippen LogP contribution in [0.25, 0.3) is 0 Å². The van der Waals surface area contributed by atoms with Crippen molar-refractivity contribution in [1.82, 2.24) is 4.90 Å². The summed E-state index contributed by atoms with van der Waals surface area (Å²) in [7, 11) is 0. The molecule has 0 bridgehead atoms. The standard InChI is InChI=1S/C16H25NO4/c1-2-8-19-11-12-5-6-13-15(12)21-10-7-17(13)16(18)14-4-3-9-20-14/h2,12-15H,1,3-11H2/t12-,13+,14+,15-/m0/s1. The Hall–Kier alpha value is -0.910. The van der Waals surface area contributed by atoms with E-state index in [1.807, 2.05) is 4.90 Å². The van der Waals surface area contributed by atoms with Gasteiger partial charge in [0.25, 0.3) is 5.91 Å². The zero-order valence-electron chi connectivity index (χ0n) is 12.5. The van der Waals surface area contributed by atoms with Gasteiger partial charge in [-0.3, -0.25) is 4.79 Å². The Kier molecular flexibility index (Phi) is 4.93. The zero-order valence-corrected chi connectivity index (χ0v) is 12.5. The van der Waals surface area contributed by atoms with Crippen molar-refractivity contribution in [3.8, 4) is 0 Å². The molecule has 0 aromatic heterocycles. The Morgan fingerprint density at radius 3 is 2.95 bits per heavy atom. The number of nitrogens with zero attached hydrogens (tertiary/aromatic N) is 1. The summed E-state index contributed by atoms with van der Waals surface area (Å²) in [6, 6.07) is 0.202. The maximum absolute atomic E-state index is 12.6. The number of hydrogen-bond acceptors (Lipinski definition) is 4. The molecule has 0 spiro atoms. The Balaban J connectivity index is 1.60. The minimum Gasteiger partial charge on any atom is -0.377 e. The number of morpholine rings is 1. The summed E-state index contributed by atoms with van der Waals surface area (Å²) in [5, 5.41) is 0. The lowest BCUT2D eigenvalue weighted by atomic mass is 10.0. The average molecular weight is 295 g/mol. The van der Waals surface area contributed by atoms with E-state index in [1.165, 1.54) is 0 Å². The monoisotopic (exact) mass is 295 g/mol. The van der Waals surface area contributed by atoms with Crippen LogP contribution in [0.4, 0.5) is 0 Å². The fourth-order valence-corrected chi connectivity index (χ4v) is 3.77. The van der Waals surface area contributed by atoms with Crippen LogP contribution in [0, 0.1) is 5.92 Å². The van der Waals surface area contributed by atoms with E-state index in [4.69, 9.17) is 14.2 Å². The minimum atomic E-state index is -0.222. The second-order valence-corrected chi connectivity index (χ2v) is 6.10. The van der Waals surface area contributed by atoms with Crippen molar-refractivity contribution in [3.05, 3.63) is 12.7 Å². The fraction of sp³-hybridized carbons (Fsp3) is 0.812. The third-order valence-electron chi connectivity index (χ3n) is 4.78. The van der Waals surface area contributed by atoms with Crippen molar-refractivity contribution in [3.63, 3.8) is 0 Å². The lowest BCUT2D eigenvalue weighted by Gasteiger charge is -2.40. The largest absolute Gasteiger partial charge is 0.377 e. The van der Waals surface area contributed by atoms with Gasteiger partial charge in [0.2, 0.25) is 0 Å². The third-order valence-corrected chi connectivity index (χ3v) is 4.78. The van der Waals surface area contributed by atoms with E-state index >= 15 is 0 Å². The molecule has 0 aromatic carbocycles. The van der Waals surface area contributed by atoms with E-state index in [2.05, 4.69) is 6.58 Å². The van der Waals surface area contributed by atoms with Crippen molar-refractivity contribution < 1.29 is 19.0 Å². The van der Waals surface area contributed by atoms with Crippen LogP contribution in [-0.2, 0) is 19.0 Å². The van der Waals surface area contributed by atoms with Gasteiger partial charge in [-0.25, -0.2) is 0 Å². The molecule has 2 heterocycles. The van der Waals surface area contributed by atoms with Gasteiger partial charge in [0.1, 0.15) is 6.10 Å². The second-order valence-electron chi connectivity index (χ2n) is 6.10. The average Bonchev–Trinajstić information content (AvgIpc) is 3.16. The van der Waals surface area contributed by atoms with Crippen LogP contribution >= 0.6 is 0 Å². The van der Waals surface area contributed by atoms with E-state index in [0.717, 1.165) is 25.7 Å². The lowest BCUT2D eigenvalue weighted by molar-refractivity contribution is -0.156. The Labute approximate surface area is 126 Å². The number of ether oxygens (including phenoxy) is 3. The molecule has 3 aliphatic rings. The van der Waals surface area contributed by atoms with E-state index in [-0.39, 0.29) is 24.2 Å². The summed E-state index contributed by atoms with van der Waals surface area (Å²) in [6.45, 7) is 6.96. The summed E-state index contributed by atoms with van der Waals surface area (Å²) >= 11 is 0. The van der Waals surface area contributed by atoms with Crippen molar-refractivity contribution in [2.75, 3.05) is 33.0 Å². The number of hydrogen-bond donors (Lipinski definition) is 0. The quantitative estimate of drug-likeness (QED) is 0.568. The van der Waals surface area contributed by atoms with Gasteiger partial charge in [-0.2, -0.15) is 0 Å². The van der Waals surface area contributed by atoms with Gasteiger partial charge in [0.05, 0.1) is 32.0 Å². The summed E-state index contributed by atoms with van der Waals surface area (Å²) < 4.78 is 17.1. The molecule has 0 N–H and O–H groups in total. The molecule has 5 nitrogen and oxygen atoms in total. The van der Waals surface area contributed by atoms with Crippen LogP contribution in [0.15, 0.2) is 12.7 Å². The summed E-state index contributed by atoms with van der Waals surface area (Å²) in [6.07, 6.45) is 5.58. The van der Waals surface area contributed by atoms with Crippen LogP contribution in [0.5, 0.6) is 0 Å². The fourth-order valence-electron chi connectivity index (χ4n) is 3.77. The van der Waals surface area contributed by atoms with Crippen LogP contribution in [0.2, 0.25) is 0 Å². The van der Waals surface area contributed by atoms with Gasteiger partial charge in [0, 0.05) is 19.1 Å². The highest BCUT2D eigenvalue weighted by molar-refractivity contribution is 5.81. The number of carbonyl (C=O) groups excluding carboxylic acids is 1. The minimum absolute atomic E-state index is 0.119. The molecular weight excluding hydrogens is 270 g/mol. The molecule has 4 atom stereocenters. The van der Waals surface area contributed by atoms with Crippen molar-refractivity contribution in [1.29, 1.82) is 0 Å². The van der Waals surface area contributed by atoms with Gasteiger partial charge in [0.15, 0.2) is 0 Å². The van der Waals surface area contributed by atoms with Crippen molar-refractivity contribution >= 4 is 5.91 Å². The maximum atomic E-state index is 12.6. The smallest absolute Gasteiger partial charge is 0.252 e. The van der Waals surface area contributed by atoms with Gasteiger partial charge in [-0.1, -0.05) is 6.08 Å². The molecule has 2 aliphatic heterocycles. The molecule has 3 rings (SSSR count). The third kappa shape index (κ3) is 3.15. The predicted octanol–water partition coefficient (Wildman–Crippen LogP) is 1.37. The zero-order chi connectivity index (χ0) is 14.7. The number of amides is 1. The van der Waals surface area contributed by atoms with Crippen LogP contribution in [-0.4, -0.2) is 62.0 Å². The predicted molar refractivity (Wildman–Crippen MR) is 78.0 cm³/mol. The summed E-state index contributed by atoms with van der Waals surface area (Å²) in [4.78, 5) is 14.6. The molecule has 1 saturated carbocycles.